The van der Waals surface area contributed by atoms with E-state index in [0.717, 1.165) is 5.56 Å². The molecule has 4 heteroatoms. The van der Waals surface area contributed by atoms with E-state index in [2.05, 4.69) is 0 Å². The lowest BCUT2D eigenvalue weighted by Gasteiger charge is -1.96. The highest BCUT2D eigenvalue weighted by atomic mass is 35.5. The van der Waals surface area contributed by atoms with Crippen molar-refractivity contribution in [3.63, 3.8) is 0 Å². The van der Waals surface area contributed by atoms with Crippen LogP contribution in [0, 0.1) is 0 Å². The summed E-state index contributed by atoms with van der Waals surface area (Å²) in [6.07, 6.45) is 0. The Morgan fingerprint density at radius 1 is 1.50 bits per heavy atom. The number of halogens is 2. The predicted octanol–water partition coefficient (Wildman–Crippen LogP) is 2.55. The lowest BCUT2D eigenvalue weighted by atomic mass is 10.1. The van der Waals surface area contributed by atoms with Gasteiger partial charge in [0.05, 0.1) is 5.56 Å². The molecule has 0 aromatic heterocycles. The number of alkyl halides is 1. The first kappa shape index (κ1) is 11.3. The van der Waals surface area contributed by atoms with E-state index in [1.54, 1.807) is 24.3 Å². The molecule has 0 saturated carbocycles. The largest absolute Gasteiger partial charge is 0.478 e. The normalized spacial score (nSPS) is 8.75. The van der Waals surface area contributed by atoms with Gasteiger partial charge in [0.1, 0.15) is 0 Å². The van der Waals surface area contributed by atoms with Crippen LogP contribution in [0.5, 0.6) is 0 Å². The fraction of sp³-hybridized carbons (Fsp3) is 0.125. The van der Waals surface area contributed by atoms with Gasteiger partial charge in [-0.05, 0) is 17.7 Å². The van der Waals surface area contributed by atoms with E-state index in [-0.39, 0.29) is 18.0 Å². The van der Waals surface area contributed by atoms with Crippen molar-refractivity contribution in [1.82, 2.24) is 0 Å². The first-order valence-corrected chi connectivity index (χ1v) is 3.65. The molecule has 1 aromatic rings. The Hall–Kier alpha value is -0.730. The Morgan fingerprint density at radius 2 is 2.17 bits per heavy atom. The number of hydrogen-bond acceptors (Lipinski definition) is 1. The SMILES string of the molecule is Cl.O=C(O)c1cccc(CCl)c1. The maximum absolute atomic E-state index is 10.4. The summed E-state index contributed by atoms with van der Waals surface area (Å²) in [6.45, 7) is 0. The van der Waals surface area contributed by atoms with Crippen LogP contribution in [-0.4, -0.2) is 11.1 Å². The zero-order valence-electron chi connectivity index (χ0n) is 6.16. The van der Waals surface area contributed by atoms with Crippen molar-refractivity contribution in [2.45, 2.75) is 5.88 Å². The molecular formula is C8H8Cl2O2. The third-order valence-corrected chi connectivity index (χ3v) is 1.64. The Morgan fingerprint density at radius 3 is 2.67 bits per heavy atom. The molecule has 0 aliphatic carbocycles. The summed E-state index contributed by atoms with van der Waals surface area (Å²) in [6, 6.07) is 6.58. The van der Waals surface area contributed by atoms with Crippen molar-refractivity contribution in [2.75, 3.05) is 0 Å². The fourth-order valence-electron chi connectivity index (χ4n) is 0.787. The van der Waals surface area contributed by atoms with Gasteiger partial charge in [-0.2, -0.15) is 0 Å². The summed E-state index contributed by atoms with van der Waals surface area (Å²) < 4.78 is 0. The van der Waals surface area contributed by atoms with Crippen molar-refractivity contribution < 1.29 is 9.90 Å². The van der Waals surface area contributed by atoms with Gasteiger partial charge in [0.15, 0.2) is 0 Å². The van der Waals surface area contributed by atoms with Gasteiger partial charge in [0.25, 0.3) is 0 Å². The van der Waals surface area contributed by atoms with E-state index >= 15 is 0 Å². The summed E-state index contributed by atoms with van der Waals surface area (Å²) in [7, 11) is 0. The molecule has 0 unspecified atom stereocenters. The van der Waals surface area contributed by atoms with Gasteiger partial charge in [-0.15, -0.1) is 24.0 Å². The molecule has 12 heavy (non-hydrogen) atoms. The maximum Gasteiger partial charge on any atom is 0.335 e. The molecule has 0 amide bonds. The van der Waals surface area contributed by atoms with Crippen molar-refractivity contribution in [3.8, 4) is 0 Å². The van der Waals surface area contributed by atoms with Crippen LogP contribution in [0.4, 0.5) is 0 Å². The maximum atomic E-state index is 10.4. The topological polar surface area (TPSA) is 37.3 Å². The monoisotopic (exact) mass is 206 g/mol. The highest BCUT2D eigenvalue weighted by Gasteiger charge is 2.01. The fourth-order valence-corrected chi connectivity index (χ4v) is 0.954. The third kappa shape index (κ3) is 2.72. The molecule has 1 N–H and O–H groups in total. The molecule has 0 radical (unpaired) electrons. The smallest absolute Gasteiger partial charge is 0.335 e. The summed E-state index contributed by atoms with van der Waals surface area (Å²) in [5, 5.41) is 8.56. The summed E-state index contributed by atoms with van der Waals surface area (Å²) in [5.41, 5.74) is 1.11. The van der Waals surface area contributed by atoms with Crippen molar-refractivity contribution in [1.29, 1.82) is 0 Å². The number of aromatic carboxylic acids is 1. The summed E-state index contributed by atoms with van der Waals surface area (Å²) in [5.74, 6) is -0.571. The molecule has 0 fully saturated rings. The number of carboxylic acids is 1. The number of hydrogen-bond donors (Lipinski definition) is 1. The minimum absolute atomic E-state index is 0. The molecule has 0 atom stereocenters. The van der Waals surface area contributed by atoms with Gasteiger partial charge in [-0.1, -0.05) is 12.1 Å². The molecule has 1 aromatic carbocycles. The van der Waals surface area contributed by atoms with E-state index in [1.165, 1.54) is 0 Å². The Balaban J connectivity index is 0.00000121. The Labute approximate surface area is 81.6 Å². The summed E-state index contributed by atoms with van der Waals surface area (Å²) >= 11 is 5.51. The molecule has 1 rings (SSSR count). The van der Waals surface area contributed by atoms with Gasteiger partial charge >= 0.3 is 5.97 Å². The van der Waals surface area contributed by atoms with Gasteiger partial charge in [-0.3, -0.25) is 0 Å². The number of benzene rings is 1. The first-order valence-electron chi connectivity index (χ1n) is 3.12. The Bertz CT molecular complexity index is 274. The van der Waals surface area contributed by atoms with E-state index in [9.17, 15) is 4.79 Å². The number of carboxylic acid groups (broad SMARTS) is 1. The average molecular weight is 207 g/mol. The Kier molecular flexibility index (Phi) is 4.71. The molecule has 0 aliphatic rings. The van der Waals surface area contributed by atoms with Gasteiger partial charge in [0, 0.05) is 5.88 Å². The van der Waals surface area contributed by atoms with Crippen molar-refractivity contribution in [3.05, 3.63) is 35.4 Å². The highest BCUT2D eigenvalue weighted by molar-refractivity contribution is 6.17. The first-order chi connectivity index (χ1) is 5.24. The highest BCUT2D eigenvalue weighted by Crippen LogP contribution is 2.07. The van der Waals surface area contributed by atoms with Crippen LogP contribution < -0.4 is 0 Å². The average Bonchev–Trinajstić information content (AvgIpc) is 2.05. The van der Waals surface area contributed by atoms with E-state index in [1.807, 2.05) is 0 Å². The van der Waals surface area contributed by atoms with Crippen LogP contribution >= 0.6 is 24.0 Å². The van der Waals surface area contributed by atoms with E-state index in [0.29, 0.717) is 5.88 Å². The van der Waals surface area contributed by atoms with Crippen LogP contribution in [0.3, 0.4) is 0 Å². The molecular weight excluding hydrogens is 199 g/mol. The second kappa shape index (κ2) is 5.01. The molecule has 66 valence electrons. The van der Waals surface area contributed by atoms with Crippen LogP contribution in [0.15, 0.2) is 24.3 Å². The lowest BCUT2D eigenvalue weighted by molar-refractivity contribution is 0.0697. The second-order valence-corrected chi connectivity index (χ2v) is 2.41. The number of carbonyl (C=O) groups is 1. The molecule has 2 nitrogen and oxygen atoms in total. The molecule has 0 saturated heterocycles. The molecule has 0 aliphatic heterocycles. The molecule has 0 heterocycles. The van der Waals surface area contributed by atoms with Crippen molar-refractivity contribution in [2.24, 2.45) is 0 Å². The van der Waals surface area contributed by atoms with Crippen LogP contribution in [0.25, 0.3) is 0 Å². The summed E-state index contributed by atoms with van der Waals surface area (Å²) in [4.78, 5) is 10.4. The quantitative estimate of drug-likeness (QED) is 0.756. The predicted molar refractivity (Wildman–Crippen MR) is 50.2 cm³/mol. The minimum Gasteiger partial charge on any atom is -0.478 e. The zero-order valence-corrected chi connectivity index (χ0v) is 7.73. The number of rotatable bonds is 2. The standard InChI is InChI=1S/C8H7ClO2.ClH/c9-5-6-2-1-3-7(4-6)8(10)11;/h1-4H,5H2,(H,10,11);1H. The van der Waals surface area contributed by atoms with Crippen LogP contribution in [0.2, 0.25) is 0 Å². The lowest BCUT2D eigenvalue weighted by Crippen LogP contribution is -1.95. The van der Waals surface area contributed by atoms with Crippen LogP contribution in [-0.2, 0) is 5.88 Å². The van der Waals surface area contributed by atoms with Crippen LogP contribution in [0.1, 0.15) is 15.9 Å². The minimum atomic E-state index is -0.919. The molecule has 0 bridgehead atoms. The van der Waals surface area contributed by atoms with E-state index in [4.69, 9.17) is 16.7 Å². The zero-order chi connectivity index (χ0) is 8.27. The molecule has 0 spiro atoms. The van der Waals surface area contributed by atoms with E-state index < -0.39 is 5.97 Å². The van der Waals surface area contributed by atoms with Gasteiger partial charge in [0.2, 0.25) is 0 Å². The second-order valence-electron chi connectivity index (χ2n) is 2.14. The van der Waals surface area contributed by atoms with Crippen molar-refractivity contribution >= 4 is 30.0 Å². The van der Waals surface area contributed by atoms with Gasteiger partial charge < -0.3 is 5.11 Å². The van der Waals surface area contributed by atoms with Gasteiger partial charge in [-0.25, -0.2) is 4.79 Å². The third-order valence-electron chi connectivity index (χ3n) is 1.33.